The highest BCUT2D eigenvalue weighted by Crippen LogP contribution is 2.26. The summed E-state index contributed by atoms with van der Waals surface area (Å²) in [5.41, 5.74) is 4.15. The number of benzene rings is 2. The number of amides is 1. The Bertz CT molecular complexity index is 1090. The number of halogens is 2. The highest BCUT2D eigenvalue weighted by Gasteiger charge is 2.26. The summed E-state index contributed by atoms with van der Waals surface area (Å²) in [6.07, 6.45) is 0.814. The van der Waals surface area contributed by atoms with Gasteiger partial charge in [0.1, 0.15) is 5.82 Å². The first-order valence-electron chi connectivity index (χ1n) is 9.31. The lowest BCUT2D eigenvalue weighted by molar-refractivity contribution is 0.0722. The molecule has 0 atom stereocenters. The fourth-order valence-electron chi connectivity index (χ4n) is 3.49. The molecule has 0 radical (unpaired) electrons. The third-order valence-corrected chi connectivity index (χ3v) is 5.66. The fraction of sp³-hybridized carbons (Fsp3) is 0.286. The Kier molecular flexibility index (Phi) is 5.23. The van der Waals surface area contributed by atoms with Crippen LogP contribution in [0.25, 0.3) is 5.69 Å². The average Bonchev–Trinajstić information content (AvgIpc) is 3.09. The van der Waals surface area contributed by atoms with Crippen LogP contribution in [0.15, 0.2) is 36.4 Å². The Labute approximate surface area is 179 Å². The molecule has 2 heterocycles. The molecule has 1 amide bonds. The summed E-state index contributed by atoms with van der Waals surface area (Å²) in [5.74, 6) is 0.543. The van der Waals surface area contributed by atoms with Gasteiger partial charge in [0.15, 0.2) is 0 Å². The van der Waals surface area contributed by atoms with Gasteiger partial charge in [0.05, 0.1) is 10.7 Å². The van der Waals surface area contributed by atoms with Gasteiger partial charge < -0.3 is 9.80 Å². The Morgan fingerprint density at radius 1 is 1.10 bits per heavy atom. The molecule has 0 bridgehead atoms. The van der Waals surface area contributed by atoms with E-state index in [0.29, 0.717) is 34.6 Å². The normalized spacial score (nSPS) is 13.3. The number of carbonyl (C=O) groups excluding carboxylic acids is 1. The molecule has 29 heavy (non-hydrogen) atoms. The summed E-state index contributed by atoms with van der Waals surface area (Å²) in [4.78, 5) is 21.3. The van der Waals surface area contributed by atoms with Crippen LogP contribution in [0.5, 0.6) is 0 Å². The molecule has 0 spiro atoms. The van der Waals surface area contributed by atoms with Gasteiger partial charge in [0.25, 0.3) is 5.91 Å². The maximum Gasteiger partial charge on any atom is 0.293 e. The van der Waals surface area contributed by atoms with Crippen molar-refractivity contribution in [2.75, 3.05) is 25.5 Å². The number of hydrogen-bond acceptors (Lipinski definition) is 4. The van der Waals surface area contributed by atoms with Crippen LogP contribution in [0.1, 0.15) is 27.6 Å². The van der Waals surface area contributed by atoms with E-state index < -0.39 is 0 Å². The number of aryl methyl sites for hydroxylation is 1. The van der Waals surface area contributed by atoms with Crippen molar-refractivity contribution in [2.45, 2.75) is 19.9 Å². The minimum Gasteiger partial charge on any atom is -0.378 e. The number of anilines is 1. The second kappa shape index (κ2) is 7.69. The molecule has 0 aliphatic carbocycles. The van der Waals surface area contributed by atoms with E-state index in [0.717, 1.165) is 17.7 Å². The lowest BCUT2D eigenvalue weighted by Crippen LogP contribution is -2.36. The van der Waals surface area contributed by atoms with Crippen molar-refractivity contribution >= 4 is 34.8 Å². The number of hydrogen-bond donors (Lipinski definition) is 0. The van der Waals surface area contributed by atoms with Gasteiger partial charge in [0, 0.05) is 37.9 Å². The third kappa shape index (κ3) is 3.82. The molecule has 8 heteroatoms. The molecule has 1 aromatic heterocycles. The Morgan fingerprint density at radius 2 is 1.90 bits per heavy atom. The second-order valence-electron chi connectivity index (χ2n) is 7.31. The minimum absolute atomic E-state index is 0.158. The summed E-state index contributed by atoms with van der Waals surface area (Å²) < 4.78 is 1.56. The van der Waals surface area contributed by atoms with E-state index in [1.807, 2.05) is 14.1 Å². The number of nitrogens with zero attached hydrogens (tertiary/aromatic N) is 5. The van der Waals surface area contributed by atoms with Crippen LogP contribution in [-0.4, -0.2) is 46.2 Å². The number of carbonyl (C=O) groups is 1. The zero-order valence-electron chi connectivity index (χ0n) is 16.5. The van der Waals surface area contributed by atoms with Gasteiger partial charge in [0.2, 0.25) is 5.82 Å². The van der Waals surface area contributed by atoms with Crippen molar-refractivity contribution < 1.29 is 4.79 Å². The molecule has 0 saturated carbocycles. The van der Waals surface area contributed by atoms with Crippen LogP contribution in [0.2, 0.25) is 10.0 Å². The van der Waals surface area contributed by atoms with E-state index in [1.54, 1.807) is 34.7 Å². The molecule has 3 aromatic rings. The Hall–Kier alpha value is -2.57. The number of rotatable bonds is 3. The molecule has 4 rings (SSSR count). The summed E-state index contributed by atoms with van der Waals surface area (Å²) in [6.45, 7) is 2.97. The van der Waals surface area contributed by atoms with Crippen molar-refractivity contribution in [2.24, 2.45) is 0 Å². The molecule has 2 aromatic carbocycles. The van der Waals surface area contributed by atoms with E-state index in [1.165, 1.54) is 5.56 Å². The van der Waals surface area contributed by atoms with E-state index in [4.69, 9.17) is 23.2 Å². The van der Waals surface area contributed by atoms with Crippen LogP contribution in [-0.2, 0) is 13.0 Å². The highest BCUT2D eigenvalue weighted by molar-refractivity contribution is 6.34. The van der Waals surface area contributed by atoms with Gasteiger partial charge in [-0.1, -0.05) is 29.3 Å². The van der Waals surface area contributed by atoms with Crippen molar-refractivity contribution in [1.29, 1.82) is 0 Å². The summed E-state index contributed by atoms with van der Waals surface area (Å²) in [6, 6.07) is 11.5. The molecule has 6 nitrogen and oxygen atoms in total. The topological polar surface area (TPSA) is 54.3 Å². The molecule has 0 N–H and O–H groups in total. The predicted molar refractivity (Wildman–Crippen MR) is 115 cm³/mol. The van der Waals surface area contributed by atoms with Crippen molar-refractivity contribution in [1.82, 2.24) is 19.7 Å². The SMILES string of the molecule is Cc1nc(C(=O)N2CCc3ccc(N(C)C)cc3C2)nn1-c1cc(Cl)ccc1Cl. The molecular weight excluding hydrogens is 409 g/mol. The minimum atomic E-state index is -0.189. The van der Waals surface area contributed by atoms with E-state index >= 15 is 0 Å². The smallest absolute Gasteiger partial charge is 0.293 e. The first-order chi connectivity index (χ1) is 13.8. The van der Waals surface area contributed by atoms with Gasteiger partial charge in [-0.3, -0.25) is 4.79 Å². The van der Waals surface area contributed by atoms with Gasteiger partial charge >= 0.3 is 0 Å². The van der Waals surface area contributed by atoms with Crippen molar-refractivity contribution in [3.63, 3.8) is 0 Å². The Balaban J connectivity index is 1.61. The molecule has 150 valence electrons. The van der Waals surface area contributed by atoms with E-state index in [9.17, 15) is 4.79 Å². The quantitative estimate of drug-likeness (QED) is 0.627. The first-order valence-corrected chi connectivity index (χ1v) is 10.1. The van der Waals surface area contributed by atoms with Gasteiger partial charge in [-0.2, -0.15) is 0 Å². The van der Waals surface area contributed by atoms with Crippen molar-refractivity contribution in [3.05, 3.63) is 69.2 Å². The van der Waals surface area contributed by atoms with Gasteiger partial charge in [-0.25, -0.2) is 9.67 Å². The molecule has 0 fully saturated rings. The zero-order chi connectivity index (χ0) is 20.7. The van der Waals surface area contributed by atoms with Crippen LogP contribution in [0.4, 0.5) is 5.69 Å². The average molecular weight is 430 g/mol. The van der Waals surface area contributed by atoms with Crippen LogP contribution < -0.4 is 4.90 Å². The molecule has 0 unspecified atom stereocenters. The summed E-state index contributed by atoms with van der Waals surface area (Å²) >= 11 is 12.4. The van der Waals surface area contributed by atoms with Crippen LogP contribution in [0.3, 0.4) is 0 Å². The molecule has 0 saturated heterocycles. The predicted octanol–water partition coefficient (Wildman–Crippen LogP) is 4.15. The standard InChI is InChI=1S/C21H21Cl2N5O/c1-13-24-20(25-28(13)19-11-16(22)5-7-18(19)23)21(29)27-9-8-14-4-6-17(26(2)3)10-15(14)12-27/h4-7,10-11H,8-9,12H2,1-3H3. The lowest BCUT2D eigenvalue weighted by Gasteiger charge is -2.29. The van der Waals surface area contributed by atoms with E-state index in [-0.39, 0.29) is 11.7 Å². The van der Waals surface area contributed by atoms with Crippen LogP contribution >= 0.6 is 23.2 Å². The maximum atomic E-state index is 13.1. The first kappa shape index (κ1) is 19.7. The molecule has 1 aliphatic rings. The third-order valence-electron chi connectivity index (χ3n) is 5.10. The maximum absolute atomic E-state index is 13.1. The highest BCUT2D eigenvalue weighted by atomic mass is 35.5. The largest absolute Gasteiger partial charge is 0.378 e. The molecule has 1 aliphatic heterocycles. The molecular formula is C21H21Cl2N5O. The van der Waals surface area contributed by atoms with Gasteiger partial charge in [-0.15, -0.1) is 5.10 Å². The summed E-state index contributed by atoms with van der Waals surface area (Å²) in [7, 11) is 4.02. The number of aromatic nitrogens is 3. The second-order valence-corrected chi connectivity index (χ2v) is 8.16. The van der Waals surface area contributed by atoms with E-state index in [2.05, 4.69) is 33.2 Å². The monoisotopic (exact) mass is 429 g/mol. The van der Waals surface area contributed by atoms with Crippen molar-refractivity contribution in [3.8, 4) is 5.69 Å². The summed E-state index contributed by atoms with van der Waals surface area (Å²) in [5, 5.41) is 5.45. The Morgan fingerprint density at radius 3 is 2.66 bits per heavy atom. The fourth-order valence-corrected chi connectivity index (χ4v) is 3.86. The van der Waals surface area contributed by atoms with Crippen LogP contribution in [0, 0.1) is 6.92 Å². The lowest BCUT2D eigenvalue weighted by atomic mass is 9.99. The zero-order valence-corrected chi connectivity index (χ0v) is 18.0. The number of fused-ring (bicyclic) bond motifs is 1. The van der Waals surface area contributed by atoms with Gasteiger partial charge in [-0.05, 0) is 54.8 Å².